The molecule has 0 bridgehead atoms. The third kappa shape index (κ3) is 3.25. The molecule has 1 heterocycles. The molecule has 1 aliphatic heterocycles. The summed E-state index contributed by atoms with van der Waals surface area (Å²) in [5.41, 5.74) is 2.63. The third-order valence-corrected chi connectivity index (χ3v) is 4.55. The van der Waals surface area contributed by atoms with Gasteiger partial charge in [0.1, 0.15) is 0 Å². The van der Waals surface area contributed by atoms with E-state index in [0.29, 0.717) is 6.04 Å². The Balaban J connectivity index is 2.00. The molecule has 0 saturated carbocycles. The van der Waals surface area contributed by atoms with Crippen LogP contribution in [0.4, 0.5) is 0 Å². The minimum atomic E-state index is 0.534. The molecule has 0 radical (unpaired) electrons. The molecule has 1 saturated heterocycles. The van der Waals surface area contributed by atoms with Gasteiger partial charge in [-0.2, -0.15) is 0 Å². The first-order valence-electron chi connectivity index (χ1n) is 6.15. The molecule has 0 aromatic heterocycles. The summed E-state index contributed by atoms with van der Waals surface area (Å²) in [6, 6.07) is 8.98. The molecule has 2 nitrogen and oxygen atoms in total. The summed E-state index contributed by atoms with van der Waals surface area (Å²) in [6.45, 7) is 7.43. The van der Waals surface area contributed by atoms with Crippen molar-refractivity contribution >= 4 is 16.9 Å². The summed E-state index contributed by atoms with van der Waals surface area (Å²) < 4.78 is 0. The van der Waals surface area contributed by atoms with E-state index in [1.54, 1.807) is 0 Å². The number of rotatable bonds is 2. The van der Waals surface area contributed by atoms with E-state index < -0.39 is 0 Å². The Labute approximate surface area is 108 Å². The summed E-state index contributed by atoms with van der Waals surface area (Å²) in [6.07, 6.45) is 0. The number of aryl methyl sites for hydroxylation is 1. The van der Waals surface area contributed by atoms with E-state index in [4.69, 9.17) is 0 Å². The lowest BCUT2D eigenvalue weighted by Crippen LogP contribution is -2.41. The second-order valence-corrected chi connectivity index (χ2v) is 5.78. The number of nitrogens with one attached hydrogen (secondary N) is 1. The molecule has 0 amide bonds. The Hall–Kier alpha value is -0.960. The second kappa shape index (κ2) is 5.58. The maximum atomic E-state index is 4.67. The summed E-state index contributed by atoms with van der Waals surface area (Å²) in [5.74, 6) is 1.89. The molecule has 1 N–H and O–H groups in total. The SMILES string of the molecule is Cc1ccccc1CN=C1NC(C)C(C)CS1. The van der Waals surface area contributed by atoms with Gasteiger partial charge in [0.2, 0.25) is 0 Å². The van der Waals surface area contributed by atoms with Crippen molar-refractivity contribution in [2.24, 2.45) is 10.9 Å². The van der Waals surface area contributed by atoms with E-state index >= 15 is 0 Å². The molecule has 17 heavy (non-hydrogen) atoms. The summed E-state index contributed by atoms with van der Waals surface area (Å²) in [5, 5.41) is 4.56. The summed E-state index contributed by atoms with van der Waals surface area (Å²) in [7, 11) is 0. The van der Waals surface area contributed by atoms with E-state index in [9.17, 15) is 0 Å². The first kappa shape index (κ1) is 12.5. The quantitative estimate of drug-likeness (QED) is 0.869. The Bertz CT molecular complexity index is 414. The highest BCUT2D eigenvalue weighted by atomic mass is 32.2. The van der Waals surface area contributed by atoms with Crippen molar-refractivity contribution in [1.29, 1.82) is 0 Å². The van der Waals surface area contributed by atoms with Crippen LogP contribution < -0.4 is 5.32 Å². The number of thioether (sulfide) groups is 1. The number of aliphatic imine (C=N–C) groups is 1. The molecule has 1 aromatic rings. The molecule has 0 spiro atoms. The smallest absolute Gasteiger partial charge is 0.157 e. The minimum absolute atomic E-state index is 0.534. The number of nitrogens with zero attached hydrogens (tertiary/aromatic N) is 1. The molecule has 3 heteroatoms. The first-order valence-corrected chi connectivity index (χ1v) is 7.13. The van der Waals surface area contributed by atoms with Crippen molar-refractivity contribution in [3.8, 4) is 0 Å². The maximum Gasteiger partial charge on any atom is 0.157 e. The fourth-order valence-electron chi connectivity index (χ4n) is 1.77. The van der Waals surface area contributed by atoms with Crippen LogP contribution in [0.3, 0.4) is 0 Å². The van der Waals surface area contributed by atoms with E-state index in [0.717, 1.165) is 17.6 Å². The number of hydrogen-bond acceptors (Lipinski definition) is 2. The molecule has 1 fully saturated rings. The lowest BCUT2D eigenvalue weighted by Gasteiger charge is -2.28. The fraction of sp³-hybridized carbons (Fsp3) is 0.500. The van der Waals surface area contributed by atoms with Gasteiger partial charge in [0.25, 0.3) is 0 Å². The van der Waals surface area contributed by atoms with Crippen LogP contribution >= 0.6 is 11.8 Å². The molecule has 2 atom stereocenters. The number of amidine groups is 1. The van der Waals surface area contributed by atoms with E-state index in [2.05, 4.69) is 55.3 Å². The molecule has 0 aliphatic carbocycles. The van der Waals surface area contributed by atoms with Crippen LogP contribution in [0.25, 0.3) is 0 Å². The van der Waals surface area contributed by atoms with Crippen LogP contribution in [0.1, 0.15) is 25.0 Å². The van der Waals surface area contributed by atoms with Crippen LogP contribution in [0.2, 0.25) is 0 Å². The predicted octanol–water partition coefficient (Wildman–Crippen LogP) is 3.21. The fourth-order valence-corrected chi connectivity index (χ4v) is 2.90. The van der Waals surface area contributed by atoms with Crippen LogP contribution in [0.5, 0.6) is 0 Å². The highest BCUT2D eigenvalue weighted by molar-refractivity contribution is 8.13. The number of hydrogen-bond donors (Lipinski definition) is 1. The van der Waals surface area contributed by atoms with Crippen molar-refractivity contribution in [3.63, 3.8) is 0 Å². The average Bonchev–Trinajstić information content (AvgIpc) is 2.32. The monoisotopic (exact) mass is 248 g/mol. The second-order valence-electron chi connectivity index (χ2n) is 4.77. The van der Waals surface area contributed by atoms with Crippen LogP contribution in [0.15, 0.2) is 29.3 Å². The lowest BCUT2D eigenvalue weighted by molar-refractivity contribution is 0.490. The van der Waals surface area contributed by atoms with Crippen molar-refractivity contribution in [2.45, 2.75) is 33.4 Å². The van der Waals surface area contributed by atoms with Crippen molar-refractivity contribution in [3.05, 3.63) is 35.4 Å². The molecule has 2 unspecified atom stereocenters. The molecule has 1 aliphatic rings. The Morgan fingerprint density at radius 1 is 1.35 bits per heavy atom. The van der Waals surface area contributed by atoms with Crippen LogP contribution in [-0.4, -0.2) is 17.0 Å². The topological polar surface area (TPSA) is 24.4 Å². The normalized spacial score (nSPS) is 26.9. The predicted molar refractivity (Wildman–Crippen MR) is 76.5 cm³/mol. The lowest BCUT2D eigenvalue weighted by atomic mass is 10.1. The van der Waals surface area contributed by atoms with Gasteiger partial charge in [0.15, 0.2) is 5.17 Å². The summed E-state index contributed by atoms with van der Waals surface area (Å²) >= 11 is 1.84. The molecular weight excluding hydrogens is 228 g/mol. The van der Waals surface area contributed by atoms with E-state index in [-0.39, 0.29) is 0 Å². The molecule has 1 aromatic carbocycles. The highest BCUT2D eigenvalue weighted by Gasteiger charge is 2.20. The zero-order valence-electron chi connectivity index (χ0n) is 10.7. The van der Waals surface area contributed by atoms with Gasteiger partial charge in [-0.1, -0.05) is 43.0 Å². The van der Waals surface area contributed by atoms with E-state index in [1.807, 2.05) is 11.8 Å². The van der Waals surface area contributed by atoms with Gasteiger partial charge in [0.05, 0.1) is 6.54 Å². The third-order valence-electron chi connectivity index (χ3n) is 3.34. The van der Waals surface area contributed by atoms with Gasteiger partial charge in [-0.05, 0) is 30.9 Å². The Kier molecular flexibility index (Phi) is 4.11. The van der Waals surface area contributed by atoms with Gasteiger partial charge in [0, 0.05) is 11.8 Å². The highest BCUT2D eigenvalue weighted by Crippen LogP contribution is 2.20. The minimum Gasteiger partial charge on any atom is -0.362 e. The van der Waals surface area contributed by atoms with Gasteiger partial charge in [-0.25, -0.2) is 0 Å². The zero-order valence-corrected chi connectivity index (χ0v) is 11.6. The maximum absolute atomic E-state index is 4.67. The molecule has 2 rings (SSSR count). The first-order chi connectivity index (χ1) is 8.16. The van der Waals surface area contributed by atoms with Gasteiger partial charge in [-0.3, -0.25) is 4.99 Å². The van der Waals surface area contributed by atoms with Crippen molar-refractivity contribution < 1.29 is 0 Å². The van der Waals surface area contributed by atoms with Gasteiger partial charge < -0.3 is 5.32 Å². The standard InChI is InChI=1S/C14H20N2S/c1-10-6-4-5-7-13(10)8-15-14-16-12(3)11(2)9-17-14/h4-7,11-12H,8-9H2,1-3H3,(H,15,16). The van der Waals surface area contributed by atoms with Crippen molar-refractivity contribution in [1.82, 2.24) is 5.32 Å². The van der Waals surface area contributed by atoms with Gasteiger partial charge in [-0.15, -0.1) is 0 Å². The Morgan fingerprint density at radius 3 is 2.82 bits per heavy atom. The van der Waals surface area contributed by atoms with E-state index in [1.165, 1.54) is 16.9 Å². The van der Waals surface area contributed by atoms with Crippen LogP contribution in [0, 0.1) is 12.8 Å². The summed E-state index contributed by atoms with van der Waals surface area (Å²) in [4.78, 5) is 4.67. The van der Waals surface area contributed by atoms with Crippen molar-refractivity contribution in [2.75, 3.05) is 5.75 Å². The zero-order chi connectivity index (χ0) is 12.3. The average molecular weight is 248 g/mol. The van der Waals surface area contributed by atoms with Gasteiger partial charge >= 0.3 is 0 Å². The number of benzene rings is 1. The van der Waals surface area contributed by atoms with Crippen LogP contribution in [-0.2, 0) is 6.54 Å². The Morgan fingerprint density at radius 2 is 2.12 bits per heavy atom. The molecular formula is C14H20N2S. The molecule has 92 valence electrons. The largest absolute Gasteiger partial charge is 0.362 e.